The van der Waals surface area contributed by atoms with E-state index in [0.29, 0.717) is 5.56 Å². The zero-order chi connectivity index (χ0) is 16.8. The molecule has 0 aliphatic heterocycles. The van der Waals surface area contributed by atoms with Gasteiger partial charge in [0, 0.05) is 7.11 Å². The summed E-state index contributed by atoms with van der Waals surface area (Å²) in [6.45, 7) is 1.64. The largest absolute Gasteiger partial charge is 0.494 e. The first-order valence-electron chi connectivity index (χ1n) is 6.64. The van der Waals surface area contributed by atoms with E-state index in [1.54, 1.807) is 13.0 Å². The predicted molar refractivity (Wildman–Crippen MR) is 77.3 cm³/mol. The Balaban J connectivity index is 2.75. The molecule has 0 aliphatic rings. The van der Waals surface area contributed by atoms with Gasteiger partial charge in [-0.15, -0.1) is 0 Å². The third kappa shape index (κ3) is 5.33. The molecule has 0 aromatic heterocycles. The Morgan fingerprint density at radius 1 is 1.36 bits per heavy atom. The summed E-state index contributed by atoms with van der Waals surface area (Å²) in [6, 6.07) is 4.22. The zero-order valence-corrected chi connectivity index (χ0v) is 12.8. The van der Waals surface area contributed by atoms with Crippen LogP contribution in [-0.2, 0) is 20.7 Å². The van der Waals surface area contributed by atoms with Crippen LogP contribution in [0.2, 0.25) is 0 Å². The number of halogens is 1. The number of nitrogens with one attached hydrogen (secondary N) is 1. The second kappa shape index (κ2) is 7.74. The first-order chi connectivity index (χ1) is 10.3. The summed E-state index contributed by atoms with van der Waals surface area (Å²) in [7, 11) is 2.78. The molecule has 1 aromatic rings. The minimum atomic E-state index is -1.05. The number of carboxylic acid groups (broad SMARTS) is 1. The Morgan fingerprint density at radius 2 is 2.05 bits per heavy atom. The van der Waals surface area contributed by atoms with E-state index in [-0.39, 0.29) is 25.2 Å². The van der Waals surface area contributed by atoms with Gasteiger partial charge in [0.25, 0.3) is 0 Å². The van der Waals surface area contributed by atoms with Crippen LogP contribution in [0.4, 0.5) is 4.39 Å². The number of aliphatic carboxylic acids is 1. The van der Waals surface area contributed by atoms with Crippen LogP contribution in [0, 0.1) is 5.82 Å². The monoisotopic (exact) mass is 313 g/mol. The summed E-state index contributed by atoms with van der Waals surface area (Å²) in [6.07, 6.45) is -0.344. The highest BCUT2D eigenvalue weighted by molar-refractivity contribution is 5.80. The number of carbonyl (C=O) groups excluding carboxylic acids is 1. The Kier molecular flexibility index (Phi) is 6.30. The number of carbonyl (C=O) groups is 2. The highest BCUT2D eigenvalue weighted by atomic mass is 19.1. The molecule has 1 unspecified atom stereocenters. The average Bonchev–Trinajstić information content (AvgIpc) is 2.37. The normalized spacial score (nSPS) is 13.3. The van der Waals surface area contributed by atoms with Gasteiger partial charge in [-0.1, -0.05) is 6.07 Å². The van der Waals surface area contributed by atoms with E-state index in [0.717, 1.165) is 0 Å². The van der Waals surface area contributed by atoms with Crippen molar-refractivity contribution in [2.24, 2.45) is 0 Å². The summed E-state index contributed by atoms with van der Waals surface area (Å²) >= 11 is 0. The van der Waals surface area contributed by atoms with E-state index in [4.69, 9.17) is 14.6 Å². The molecule has 1 aromatic carbocycles. The fourth-order valence-electron chi connectivity index (χ4n) is 2.17. The smallest absolute Gasteiger partial charge is 0.305 e. The van der Waals surface area contributed by atoms with Gasteiger partial charge in [-0.25, -0.2) is 4.39 Å². The molecule has 1 atom stereocenters. The van der Waals surface area contributed by atoms with Crippen molar-refractivity contribution < 1.29 is 28.6 Å². The molecule has 0 saturated heterocycles. The van der Waals surface area contributed by atoms with Crippen molar-refractivity contribution in [2.45, 2.75) is 25.3 Å². The van der Waals surface area contributed by atoms with Crippen molar-refractivity contribution in [1.29, 1.82) is 0 Å². The molecule has 0 aliphatic carbocycles. The summed E-state index contributed by atoms with van der Waals surface area (Å²) in [4.78, 5) is 22.9. The lowest BCUT2D eigenvalue weighted by atomic mass is 9.98. The number of carboxylic acids is 1. The van der Waals surface area contributed by atoms with Crippen LogP contribution in [0.5, 0.6) is 5.75 Å². The second-order valence-electron chi connectivity index (χ2n) is 5.26. The van der Waals surface area contributed by atoms with Crippen molar-refractivity contribution in [1.82, 2.24) is 5.32 Å². The van der Waals surface area contributed by atoms with Crippen LogP contribution in [0.3, 0.4) is 0 Å². The number of hydrogen-bond donors (Lipinski definition) is 2. The molecule has 0 heterocycles. The van der Waals surface area contributed by atoms with Crippen molar-refractivity contribution in [3.63, 3.8) is 0 Å². The van der Waals surface area contributed by atoms with Gasteiger partial charge in [0.05, 0.1) is 32.1 Å². The standard InChI is InChI=1S/C15H20FNO5/c1-15(9-21-2,8-14(19)20)17-13(18)7-10-4-5-12(22-3)11(16)6-10/h4-6H,7-9H2,1-3H3,(H,17,18)(H,19,20). The molecular weight excluding hydrogens is 293 g/mol. The van der Waals surface area contributed by atoms with E-state index in [1.165, 1.54) is 26.4 Å². The van der Waals surface area contributed by atoms with E-state index < -0.39 is 23.2 Å². The number of benzene rings is 1. The van der Waals surface area contributed by atoms with Crippen LogP contribution in [0.15, 0.2) is 18.2 Å². The number of hydrogen-bond acceptors (Lipinski definition) is 4. The average molecular weight is 313 g/mol. The Morgan fingerprint density at radius 3 is 2.55 bits per heavy atom. The molecule has 6 nitrogen and oxygen atoms in total. The SMILES string of the molecule is COCC(C)(CC(=O)O)NC(=O)Cc1ccc(OC)c(F)c1. The molecule has 22 heavy (non-hydrogen) atoms. The highest BCUT2D eigenvalue weighted by Gasteiger charge is 2.29. The van der Waals surface area contributed by atoms with Crippen LogP contribution >= 0.6 is 0 Å². The quantitative estimate of drug-likeness (QED) is 0.757. The molecule has 0 spiro atoms. The molecule has 0 fully saturated rings. The second-order valence-corrected chi connectivity index (χ2v) is 5.26. The minimum absolute atomic E-state index is 0.0576. The summed E-state index contributed by atoms with van der Waals surface area (Å²) in [5.41, 5.74) is -0.561. The summed E-state index contributed by atoms with van der Waals surface area (Å²) in [5.74, 6) is -1.92. The van der Waals surface area contributed by atoms with Crippen molar-refractivity contribution in [3.8, 4) is 5.75 Å². The highest BCUT2D eigenvalue weighted by Crippen LogP contribution is 2.18. The lowest BCUT2D eigenvalue weighted by Gasteiger charge is -2.28. The van der Waals surface area contributed by atoms with Gasteiger partial charge in [-0.3, -0.25) is 9.59 Å². The molecule has 0 radical (unpaired) electrons. The van der Waals surface area contributed by atoms with Crippen LogP contribution in [-0.4, -0.2) is 43.3 Å². The lowest BCUT2D eigenvalue weighted by Crippen LogP contribution is -2.51. The molecule has 122 valence electrons. The maximum atomic E-state index is 13.6. The Bertz CT molecular complexity index is 549. The van der Waals surface area contributed by atoms with E-state index >= 15 is 0 Å². The summed E-state index contributed by atoms with van der Waals surface area (Å²) in [5, 5.41) is 11.5. The molecule has 7 heteroatoms. The van der Waals surface area contributed by atoms with Gasteiger partial charge in [0.1, 0.15) is 0 Å². The van der Waals surface area contributed by atoms with Gasteiger partial charge < -0.3 is 19.9 Å². The fraction of sp³-hybridized carbons (Fsp3) is 0.467. The van der Waals surface area contributed by atoms with Crippen LogP contribution in [0.1, 0.15) is 18.9 Å². The first kappa shape index (κ1) is 17.9. The first-order valence-corrected chi connectivity index (χ1v) is 6.64. The fourth-order valence-corrected chi connectivity index (χ4v) is 2.17. The van der Waals surface area contributed by atoms with Gasteiger partial charge in [-0.2, -0.15) is 0 Å². The number of ether oxygens (including phenoxy) is 2. The van der Waals surface area contributed by atoms with E-state index in [2.05, 4.69) is 5.32 Å². The van der Waals surface area contributed by atoms with Gasteiger partial charge in [0.15, 0.2) is 11.6 Å². The van der Waals surface area contributed by atoms with E-state index in [1.807, 2.05) is 0 Å². The lowest BCUT2D eigenvalue weighted by molar-refractivity contribution is -0.139. The molecular formula is C15H20FNO5. The number of methoxy groups -OCH3 is 2. The van der Waals surface area contributed by atoms with Gasteiger partial charge in [0.2, 0.25) is 5.91 Å². The molecule has 2 N–H and O–H groups in total. The van der Waals surface area contributed by atoms with Crippen molar-refractivity contribution in [3.05, 3.63) is 29.6 Å². The van der Waals surface area contributed by atoms with Gasteiger partial charge in [-0.05, 0) is 24.6 Å². The predicted octanol–water partition coefficient (Wildman–Crippen LogP) is 1.37. The maximum Gasteiger partial charge on any atom is 0.305 e. The molecule has 0 saturated carbocycles. The molecule has 0 bridgehead atoms. The third-order valence-electron chi connectivity index (χ3n) is 3.03. The van der Waals surface area contributed by atoms with Crippen LogP contribution in [0.25, 0.3) is 0 Å². The topological polar surface area (TPSA) is 84.9 Å². The van der Waals surface area contributed by atoms with Gasteiger partial charge >= 0.3 is 5.97 Å². The number of amides is 1. The van der Waals surface area contributed by atoms with Crippen molar-refractivity contribution >= 4 is 11.9 Å². The Labute approximate surface area is 128 Å². The van der Waals surface area contributed by atoms with E-state index in [9.17, 15) is 14.0 Å². The Hall–Kier alpha value is -2.15. The summed E-state index contributed by atoms with van der Waals surface area (Å²) < 4.78 is 23.3. The minimum Gasteiger partial charge on any atom is -0.494 e. The molecule has 1 amide bonds. The maximum absolute atomic E-state index is 13.6. The van der Waals surface area contributed by atoms with Crippen LogP contribution < -0.4 is 10.1 Å². The number of rotatable bonds is 8. The van der Waals surface area contributed by atoms with Crippen molar-refractivity contribution in [2.75, 3.05) is 20.8 Å². The molecule has 1 rings (SSSR count). The zero-order valence-electron chi connectivity index (χ0n) is 12.8. The third-order valence-corrected chi connectivity index (χ3v) is 3.03.